The summed E-state index contributed by atoms with van der Waals surface area (Å²) in [6, 6.07) is 4.78. The number of carbonyl (C=O) groups is 1. The zero-order chi connectivity index (χ0) is 17.1. The number of halogens is 1. The van der Waals surface area contributed by atoms with Gasteiger partial charge in [-0.15, -0.1) is 0 Å². The van der Waals surface area contributed by atoms with Crippen molar-refractivity contribution in [1.82, 2.24) is 19.8 Å². The van der Waals surface area contributed by atoms with Crippen LogP contribution in [0.15, 0.2) is 36.9 Å². The number of hydrogen-bond acceptors (Lipinski definition) is 5. The summed E-state index contributed by atoms with van der Waals surface area (Å²) in [5, 5.41) is 2.92. The number of nitrogens with zero attached hydrogens (tertiary/aromatic N) is 3. The Kier molecular flexibility index (Phi) is 4.39. The molecule has 8 heteroatoms. The van der Waals surface area contributed by atoms with Crippen molar-refractivity contribution in [2.45, 2.75) is 13.8 Å². The van der Waals surface area contributed by atoms with Crippen LogP contribution in [0.5, 0.6) is 0 Å². The largest absolute Gasteiger partial charge is 0.337 e. The molecule has 124 valence electrons. The third kappa shape index (κ3) is 3.04. The molecule has 0 aliphatic carbocycles. The van der Waals surface area contributed by atoms with E-state index < -0.39 is 11.7 Å². The van der Waals surface area contributed by atoms with Crippen molar-refractivity contribution in [3.8, 4) is 0 Å². The quantitative estimate of drug-likeness (QED) is 0.703. The molecule has 24 heavy (non-hydrogen) atoms. The number of anilines is 2. The Morgan fingerprint density at radius 1 is 1.38 bits per heavy atom. The number of aryl methyl sites for hydroxylation is 1. The van der Waals surface area contributed by atoms with Crippen molar-refractivity contribution in [3.05, 3.63) is 54.0 Å². The summed E-state index contributed by atoms with van der Waals surface area (Å²) in [5.74, 6) is -0.671. The summed E-state index contributed by atoms with van der Waals surface area (Å²) >= 11 is 0. The molecule has 0 saturated heterocycles. The highest BCUT2D eigenvalue weighted by molar-refractivity contribution is 5.97. The van der Waals surface area contributed by atoms with Gasteiger partial charge in [0.2, 0.25) is 0 Å². The van der Waals surface area contributed by atoms with E-state index in [1.165, 1.54) is 18.6 Å². The van der Waals surface area contributed by atoms with E-state index in [1.807, 2.05) is 0 Å². The zero-order valence-corrected chi connectivity index (χ0v) is 13.2. The monoisotopic (exact) mass is 329 g/mol. The van der Waals surface area contributed by atoms with Crippen LogP contribution in [-0.4, -0.2) is 26.9 Å². The molecule has 0 spiro atoms. The first-order valence-corrected chi connectivity index (χ1v) is 7.36. The fraction of sp³-hybridized carbons (Fsp3) is 0.188. The van der Waals surface area contributed by atoms with Crippen LogP contribution in [0.3, 0.4) is 0 Å². The number of benzene rings is 1. The molecule has 0 aliphatic rings. The van der Waals surface area contributed by atoms with Gasteiger partial charge in [-0.1, -0.05) is 6.07 Å². The van der Waals surface area contributed by atoms with E-state index in [1.54, 1.807) is 36.6 Å². The Morgan fingerprint density at radius 3 is 2.96 bits per heavy atom. The maximum atomic E-state index is 14.2. The SMILES string of the molecule is CCONC(=O)c1ncc2cncn2c1Nc1ccc(C)cc1F. The van der Waals surface area contributed by atoms with Gasteiger partial charge in [0.05, 0.1) is 30.2 Å². The topological polar surface area (TPSA) is 80.5 Å². The van der Waals surface area contributed by atoms with Gasteiger partial charge < -0.3 is 5.32 Å². The summed E-state index contributed by atoms with van der Waals surface area (Å²) in [7, 11) is 0. The summed E-state index contributed by atoms with van der Waals surface area (Å²) < 4.78 is 15.8. The average molecular weight is 329 g/mol. The molecule has 2 heterocycles. The highest BCUT2D eigenvalue weighted by atomic mass is 19.1. The van der Waals surface area contributed by atoms with E-state index in [2.05, 4.69) is 20.8 Å². The molecule has 3 aromatic rings. The van der Waals surface area contributed by atoms with Crippen molar-refractivity contribution in [3.63, 3.8) is 0 Å². The van der Waals surface area contributed by atoms with Crippen LogP contribution in [0.2, 0.25) is 0 Å². The summed E-state index contributed by atoms with van der Waals surface area (Å²) in [4.78, 5) is 25.3. The molecular weight excluding hydrogens is 313 g/mol. The minimum absolute atomic E-state index is 0.0638. The number of nitrogens with one attached hydrogen (secondary N) is 2. The van der Waals surface area contributed by atoms with Crippen molar-refractivity contribution in [2.75, 3.05) is 11.9 Å². The summed E-state index contributed by atoms with van der Waals surface area (Å²) in [5.41, 5.74) is 4.04. The lowest BCUT2D eigenvalue weighted by atomic mass is 10.2. The zero-order valence-electron chi connectivity index (χ0n) is 13.2. The molecule has 0 aliphatic heterocycles. The lowest BCUT2D eigenvalue weighted by molar-refractivity contribution is 0.0360. The van der Waals surface area contributed by atoms with E-state index in [0.29, 0.717) is 17.9 Å². The predicted octanol–water partition coefficient (Wildman–Crippen LogP) is 2.60. The molecule has 0 saturated carbocycles. The predicted molar refractivity (Wildman–Crippen MR) is 86.5 cm³/mol. The number of amides is 1. The Morgan fingerprint density at radius 2 is 2.21 bits per heavy atom. The molecule has 7 nitrogen and oxygen atoms in total. The maximum Gasteiger partial charge on any atom is 0.297 e. The molecule has 2 aromatic heterocycles. The number of rotatable bonds is 5. The Balaban J connectivity index is 2.06. The first-order valence-electron chi connectivity index (χ1n) is 7.36. The normalized spacial score (nSPS) is 10.8. The molecule has 1 aromatic carbocycles. The standard InChI is InChI=1S/C16H16FN5O2/c1-3-24-21-16(23)14-15(22-9-18-7-11(22)8-19-14)20-13-5-4-10(2)6-12(13)17/h4-9,20H,3H2,1-2H3,(H,21,23). The molecule has 2 N–H and O–H groups in total. The number of hydroxylamine groups is 1. The van der Waals surface area contributed by atoms with Crippen LogP contribution in [0.1, 0.15) is 23.0 Å². The van der Waals surface area contributed by atoms with Crippen LogP contribution in [0, 0.1) is 12.7 Å². The van der Waals surface area contributed by atoms with Crippen LogP contribution >= 0.6 is 0 Å². The van der Waals surface area contributed by atoms with Gasteiger partial charge in [-0.05, 0) is 31.5 Å². The van der Waals surface area contributed by atoms with E-state index in [4.69, 9.17) is 4.84 Å². The molecule has 0 atom stereocenters. The average Bonchev–Trinajstić information content (AvgIpc) is 3.04. The van der Waals surface area contributed by atoms with Gasteiger partial charge in [0.1, 0.15) is 18.0 Å². The fourth-order valence-corrected chi connectivity index (χ4v) is 2.21. The fourth-order valence-electron chi connectivity index (χ4n) is 2.21. The minimum Gasteiger partial charge on any atom is -0.337 e. The molecular formula is C16H16FN5O2. The highest BCUT2D eigenvalue weighted by Crippen LogP contribution is 2.24. The van der Waals surface area contributed by atoms with Crippen molar-refractivity contribution in [1.29, 1.82) is 0 Å². The van der Waals surface area contributed by atoms with Gasteiger partial charge in [0.25, 0.3) is 5.91 Å². The summed E-state index contributed by atoms with van der Waals surface area (Å²) in [6.07, 6.45) is 4.61. The van der Waals surface area contributed by atoms with Gasteiger partial charge in [-0.2, -0.15) is 0 Å². The van der Waals surface area contributed by atoms with Crippen molar-refractivity contribution < 1.29 is 14.0 Å². The minimum atomic E-state index is -0.539. The van der Waals surface area contributed by atoms with E-state index >= 15 is 0 Å². The lowest BCUT2D eigenvalue weighted by Gasteiger charge is -2.14. The van der Waals surface area contributed by atoms with Crippen LogP contribution in [0.25, 0.3) is 5.52 Å². The molecule has 0 unspecified atom stereocenters. The number of fused-ring (bicyclic) bond motifs is 1. The van der Waals surface area contributed by atoms with E-state index in [9.17, 15) is 9.18 Å². The number of aromatic nitrogens is 3. The molecule has 0 bridgehead atoms. The Hall–Kier alpha value is -3.00. The van der Waals surface area contributed by atoms with Gasteiger partial charge in [0, 0.05) is 0 Å². The first kappa shape index (κ1) is 15.9. The van der Waals surface area contributed by atoms with Crippen LogP contribution in [0.4, 0.5) is 15.9 Å². The Bertz CT molecular complexity index is 893. The maximum absolute atomic E-state index is 14.2. The third-order valence-electron chi connectivity index (χ3n) is 3.36. The number of hydrogen-bond donors (Lipinski definition) is 2. The molecule has 3 rings (SSSR count). The number of carbonyl (C=O) groups excluding carboxylic acids is 1. The van der Waals surface area contributed by atoms with Crippen molar-refractivity contribution in [2.24, 2.45) is 0 Å². The Labute approximate surface area is 137 Å². The molecule has 0 radical (unpaired) electrons. The second-order valence-corrected chi connectivity index (χ2v) is 5.12. The van der Waals surface area contributed by atoms with Gasteiger partial charge >= 0.3 is 0 Å². The lowest BCUT2D eigenvalue weighted by Crippen LogP contribution is -2.26. The molecule has 0 fully saturated rings. The van der Waals surface area contributed by atoms with E-state index in [-0.39, 0.29) is 11.4 Å². The molecule has 1 amide bonds. The van der Waals surface area contributed by atoms with Gasteiger partial charge in [-0.3, -0.25) is 14.0 Å². The van der Waals surface area contributed by atoms with Gasteiger partial charge in [0.15, 0.2) is 5.69 Å². The van der Waals surface area contributed by atoms with E-state index in [0.717, 1.165) is 5.56 Å². The van der Waals surface area contributed by atoms with Gasteiger partial charge in [-0.25, -0.2) is 19.8 Å². The third-order valence-corrected chi connectivity index (χ3v) is 3.36. The smallest absolute Gasteiger partial charge is 0.297 e. The second kappa shape index (κ2) is 6.63. The second-order valence-electron chi connectivity index (χ2n) is 5.12. The van der Waals surface area contributed by atoms with Crippen LogP contribution in [-0.2, 0) is 4.84 Å². The summed E-state index contributed by atoms with van der Waals surface area (Å²) in [6.45, 7) is 3.86. The highest BCUT2D eigenvalue weighted by Gasteiger charge is 2.18. The first-order chi connectivity index (χ1) is 11.6. The van der Waals surface area contributed by atoms with Crippen molar-refractivity contribution >= 4 is 22.9 Å². The van der Waals surface area contributed by atoms with Crippen LogP contribution < -0.4 is 10.8 Å². The number of imidazole rings is 1.